The molecule has 0 unspecified atom stereocenters. The van der Waals surface area contributed by atoms with Gasteiger partial charge in [0.25, 0.3) is 5.91 Å². The quantitative estimate of drug-likeness (QED) is 0.723. The Labute approximate surface area is 139 Å². The molecule has 0 aliphatic heterocycles. The number of hydrogen-bond acceptors (Lipinski definition) is 5. The highest BCUT2D eigenvalue weighted by molar-refractivity contribution is 6.03. The molecule has 0 atom stereocenters. The third-order valence-electron chi connectivity index (χ3n) is 3.54. The Morgan fingerprint density at radius 3 is 2.96 bits per heavy atom. The van der Waals surface area contributed by atoms with E-state index in [0.717, 1.165) is 18.5 Å². The minimum absolute atomic E-state index is 0.272. The van der Waals surface area contributed by atoms with E-state index in [-0.39, 0.29) is 5.91 Å². The van der Waals surface area contributed by atoms with E-state index in [2.05, 4.69) is 44.7 Å². The Hall–Kier alpha value is -3.03. The van der Waals surface area contributed by atoms with Crippen LogP contribution < -0.4 is 5.32 Å². The fourth-order valence-corrected chi connectivity index (χ4v) is 2.21. The van der Waals surface area contributed by atoms with Crippen molar-refractivity contribution < 1.29 is 4.79 Å². The maximum absolute atomic E-state index is 12.4. The minimum Gasteiger partial charge on any atom is -0.305 e. The predicted molar refractivity (Wildman–Crippen MR) is 88.9 cm³/mol. The maximum atomic E-state index is 12.4. The number of aromatic amines is 1. The molecule has 3 aromatic rings. The molecule has 0 bridgehead atoms. The maximum Gasteiger partial charge on any atom is 0.258 e. The van der Waals surface area contributed by atoms with Crippen LogP contribution in [0.15, 0.2) is 36.9 Å². The van der Waals surface area contributed by atoms with Crippen molar-refractivity contribution in [2.75, 3.05) is 5.32 Å². The number of nitrogens with one attached hydrogen (secondary N) is 2. The molecule has 0 aliphatic rings. The molecule has 3 rings (SSSR count). The molecule has 3 aromatic heterocycles. The number of carbonyl (C=O) groups is 1. The zero-order valence-corrected chi connectivity index (χ0v) is 13.6. The van der Waals surface area contributed by atoms with Gasteiger partial charge in [-0.1, -0.05) is 19.1 Å². The van der Waals surface area contributed by atoms with E-state index in [4.69, 9.17) is 0 Å². The molecule has 0 saturated heterocycles. The van der Waals surface area contributed by atoms with E-state index in [0.29, 0.717) is 23.0 Å². The molecule has 8 heteroatoms. The molecule has 0 spiro atoms. The van der Waals surface area contributed by atoms with Gasteiger partial charge in [0.05, 0.1) is 29.8 Å². The summed E-state index contributed by atoms with van der Waals surface area (Å²) < 4.78 is 1.54. The first-order valence-electron chi connectivity index (χ1n) is 7.79. The molecule has 2 N–H and O–H groups in total. The summed E-state index contributed by atoms with van der Waals surface area (Å²) in [5, 5.41) is 17.5. The molecule has 0 aromatic carbocycles. The fourth-order valence-electron chi connectivity index (χ4n) is 2.21. The smallest absolute Gasteiger partial charge is 0.258 e. The lowest BCUT2D eigenvalue weighted by Gasteiger charge is -2.04. The summed E-state index contributed by atoms with van der Waals surface area (Å²) >= 11 is 0. The number of amides is 1. The first-order valence-corrected chi connectivity index (χ1v) is 7.79. The van der Waals surface area contributed by atoms with Crippen LogP contribution in [-0.2, 0) is 6.42 Å². The Morgan fingerprint density at radius 1 is 1.33 bits per heavy atom. The molecular formula is C16H19N7O. The van der Waals surface area contributed by atoms with Crippen LogP contribution in [-0.4, -0.2) is 36.1 Å². The van der Waals surface area contributed by atoms with Gasteiger partial charge in [-0.3, -0.25) is 14.9 Å². The Kier molecular flexibility index (Phi) is 4.64. The monoisotopic (exact) mass is 325 g/mol. The molecule has 24 heavy (non-hydrogen) atoms. The highest BCUT2D eigenvalue weighted by atomic mass is 16.1. The molecule has 1 amide bonds. The molecular weight excluding hydrogens is 306 g/mol. The summed E-state index contributed by atoms with van der Waals surface area (Å²) in [5.74, 6) is 0.855. The largest absolute Gasteiger partial charge is 0.305 e. The molecule has 0 aliphatic carbocycles. The van der Waals surface area contributed by atoms with Gasteiger partial charge in [0, 0.05) is 18.0 Å². The van der Waals surface area contributed by atoms with Crippen molar-refractivity contribution in [3.05, 3.63) is 48.2 Å². The number of rotatable bonds is 6. The van der Waals surface area contributed by atoms with Crippen LogP contribution in [0, 0.1) is 5.92 Å². The van der Waals surface area contributed by atoms with Crippen LogP contribution in [0.3, 0.4) is 0 Å². The number of H-pyrrole nitrogens is 1. The van der Waals surface area contributed by atoms with E-state index >= 15 is 0 Å². The average molecular weight is 325 g/mol. The molecule has 0 saturated carbocycles. The molecule has 124 valence electrons. The topological polar surface area (TPSA) is 101 Å². The van der Waals surface area contributed by atoms with Crippen LogP contribution >= 0.6 is 0 Å². The van der Waals surface area contributed by atoms with Gasteiger partial charge in [-0.05, 0) is 24.8 Å². The van der Waals surface area contributed by atoms with Crippen molar-refractivity contribution in [3.63, 3.8) is 0 Å². The third kappa shape index (κ3) is 3.83. The molecule has 0 fully saturated rings. The van der Waals surface area contributed by atoms with Crippen molar-refractivity contribution in [2.45, 2.75) is 26.7 Å². The van der Waals surface area contributed by atoms with E-state index < -0.39 is 0 Å². The van der Waals surface area contributed by atoms with Gasteiger partial charge < -0.3 is 5.32 Å². The van der Waals surface area contributed by atoms with Crippen LogP contribution in [0.25, 0.3) is 5.69 Å². The van der Waals surface area contributed by atoms with Gasteiger partial charge in [-0.2, -0.15) is 5.10 Å². The zero-order chi connectivity index (χ0) is 16.9. The van der Waals surface area contributed by atoms with E-state index in [1.807, 2.05) is 6.07 Å². The summed E-state index contributed by atoms with van der Waals surface area (Å²) in [6.45, 7) is 4.35. The molecule has 0 radical (unpaired) electrons. The van der Waals surface area contributed by atoms with E-state index in [9.17, 15) is 4.79 Å². The Morgan fingerprint density at radius 2 is 2.21 bits per heavy atom. The summed E-state index contributed by atoms with van der Waals surface area (Å²) in [4.78, 5) is 16.4. The highest BCUT2D eigenvalue weighted by Crippen LogP contribution is 2.13. The number of carbonyl (C=O) groups excluding carboxylic acids is 1. The number of nitrogens with zero attached hydrogens (tertiary/aromatic N) is 5. The summed E-state index contributed by atoms with van der Waals surface area (Å²) in [7, 11) is 0. The van der Waals surface area contributed by atoms with E-state index in [1.165, 1.54) is 6.20 Å². The predicted octanol–water partition coefficient (Wildman–Crippen LogP) is 2.23. The summed E-state index contributed by atoms with van der Waals surface area (Å²) in [6.07, 6.45) is 8.35. The fraction of sp³-hybridized carbons (Fsp3) is 0.312. The molecule has 8 nitrogen and oxygen atoms in total. The third-order valence-corrected chi connectivity index (χ3v) is 3.54. The second-order valence-corrected chi connectivity index (χ2v) is 5.94. The number of aryl methyl sites for hydroxylation is 1. The molecule has 3 heterocycles. The van der Waals surface area contributed by atoms with Gasteiger partial charge in [-0.25, -0.2) is 4.68 Å². The highest BCUT2D eigenvalue weighted by Gasteiger charge is 2.11. The minimum atomic E-state index is -0.272. The summed E-state index contributed by atoms with van der Waals surface area (Å²) in [5.41, 5.74) is 2.10. The first-order chi connectivity index (χ1) is 11.6. The second kappa shape index (κ2) is 7.03. The number of hydrogen-bond donors (Lipinski definition) is 2. The van der Waals surface area contributed by atoms with Crippen molar-refractivity contribution >= 4 is 11.7 Å². The van der Waals surface area contributed by atoms with Crippen molar-refractivity contribution in [1.29, 1.82) is 0 Å². The second-order valence-electron chi connectivity index (χ2n) is 5.94. The van der Waals surface area contributed by atoms with Crippen molar-refractivity contribution in [1.82, 2.24) is 30.2 Å². The van der Waals surface area contributed by atoms with Gasteiger partial charge in [0.15, 0.2) is 5.82 Å². The van der Waals surface area contributed by atoms with Crippen LogP contribution in [0.5, 0.6) is 0 Å². The standard InChI is InChI=1S/C16H19N7O/c1-11(2)3-4-13-8-15(21-20-13)19-16(24)12-7-14(10-17-9-12)23-6-5-18-22-23/h5-11H,3-4H2,1-2H3,(H2,19,20,21,24). The van der Waals surface area contributed by atoms with Crippen LogP contribution in [0.4, 0.5) is 5.82 Å². The lowest BCUT2D eigenvalue weighted by atomic mass is 10.1. The normalized spacial score (nSPS) is 11.0. The van der Waals surface area contributed by atoms with Gasteiger partial charge in [0.1, 0.15) is 0 Å². The Bertz CT molecular complexity index is 807. The number of pyridine rings is 1. The average Bonchev–Trinajstić information content (AvgIpc) is 3.25. The van der Waals surface area contributed by atoms with Crippen molar-refractivity contribution in [2.24, 2.45) is 5.92 Å². The summed E-state index contributed by atoms with van der Waals surface area (Å²) in [6, 6.07) is 3.55. The van der Waals surface area contributed by atoms with Crippen LogP contribution in [0.2, 0.25) is 0 Å². The van der Waals surface area contributed by atoms with Gasteiger partial charge >= 0.3 is 0 Å². The lowest BCUT2D eigenvalue weighted by Crippen LogP contribution is -2.13. The number of anilines is 1. The Balaban J connectivity index is 1.68. The van der Waals surface area contributed by atoms with Gasteiger partial charge in [0.2, 0.25) is 0 Å². The zero-order valence-electron chi connectivity index (χ0n) is 13.6. The van der Waals surface area contributed by atoms with Crippen molar-refractivity contribution in [3.8, 4) is 5.69 Å². The lowest BCUT2D eigenvalue weighted by molar-refractivity contribution is 0.102. The van der Waals surface area contributed by atoms with Gasteiger partial charge in [-0.15, -0.1) is 5.10 Å². The number of aromatic nitrogens is 6. The SMILES string of the molecule is CC(C)CCc1cc(NC(=O)c2cncc(-n3ccnn3)c2)n[nH]1. The first kappa shape index (κ1) is 15.9. The van der Waals surface area contributed by atoms with E-state index in [1.54, 1.807) is 29.3 Å². The van der Waals surface area contributed by atoms with Crippen LogP contribution in [0.1, 0.15) is 36.3 Å².